The Hall–Kier alpha value is -6.57. The second-order valence-corrected chi connectivity index (χ2v) is 14.9. The molecule has 6 aromatic rings. The fraction of sp³-hybridized carbons (Fsp3) is 0.186. The van der Waals surface area contributed by atoms with Gasteiger partial charge in [-0.3, -0.25) is 0 Å². The van der Waals surface area contributed by atoms with Gasteiger partial charge in [0.2, 0.25) is 18.1 Å². The first-order valence-electron chi connectivity index (χ1n) is 18.8. The van der Waals surface area contributed by atoms with Crippen LogP contribution >= 0.6 is 0 Å². The van der Waals surface area contributed by atoms with Crippen LogP contribution in [0.2, 0.25) is 0 Å². The number of aromatic nitrogens is 1. The summed E-state index contributed by atoms with van der Waals surface area (Å²) in [5.74, 6) is 0.832. The Morgan fingerprint density at radius 2 is 0.471 bits per heavy atom. The SMILES string of the molecule is FC(F)(F)c1cc([B-](c2cc(C(F)(F)F)cc(C(F)(F)F)c2)(c2cc(C(F)(F)F)cc(C(F)(F)F)c2)c2cc(C(F)(F)F)cc(C(F)(F)F)c2)cc(C(F)(F)F)c1.c1ccc(O[n+]2ccccc2)cc1. The van der Waals surface area contributed by atoms with Crippen molar-refractivity contribution in [2.75, 3.05) is 0 Å². The van der Waals surface area contributed by atoms with Gasteiger partial charge in [0.25, 0.3) is 0 Å². The molecule has 0 spiro atoms. The lowest BCUT2D eigenvalue weighted by Crippen LogP contribution is -2.75. The molecular weight excluding hydrogens is 1010 g/mol. The van der Waals surface area contributed by atoms with Crippen LogP contribution in [0.1, 0.15) is 44.5 Å². The first kappa shape index (κ1) is 54.4. The van der Waals surface area contributed by atoms with Gasteiger partial charge >= 0.3 is 49.4 Å². The van der Waals surface area contributed by atoms with Gasteiger partial charge in [-0.2, -0.15) is 127 Å². The Kier molecular flexibility index (Phi) is 14.5. The van der Waals surface area contributed by atoms with E-state index in [-0.39, 0.29) is 0 Å². The van der Waals surface area contributed by atoms with Gasteiger partial charge in [0.1, 0.15) is 6.15 Å². The monoisotopic (exact) mass is 1040 g/mol. The number of nitrogens with zero attached hydrogens (tertiary/aromatic N) is 1. The predicted octanol–water partition coefficient (Wildman–Crippen LogP) is 13.0. The van der Waals surface area contributed by atoms with E-state index in [9.17, 15) is 105 Å². The number of alkyl halides is 24. The van der Waals surface area contributed by atoms with Crippen LogP contribution in [0, 0.1) is 0 Å². The fourth-order valence-corrected chi connectivity index (χ4v) is 7.12. The van der Waals surface area contributed by atoms with Gasteiger partial charge in [-0.15, -0.1) is 0 Å². The zero-order valence-electron chi connectivity index (χ0n) is 33.7. The number of benzene rings is 5. The lowest BCUT2D eigenvalue weighted by atomic mass is 9.12. The fourth-order valence-electron chi connectivity index (χ4n) is 7.12. The standard InChI is InChI=1S/C32H12BF24.C11H10NO/c34-25(35,36)13-1-14(26(37,38)39)6-21(5-13)33(22-7-15(27(40,41)42)2-16(8-22)28(43,44)45,23-9-17(29(46,47)48)3-18(10-23)30(49,50)51)24-11-19(31(52,53)54)4-20(12-24)32(55,56)57;1-3-7-11(8-4-1)13-12-9-5-2-6-10-12/h1-12H;1-10H/q-1;+1. The molecule has 6 rings (SSSR count). The van der Waals surface area contributed by atoms with E-state index >= 15 is 0 Å². The van der Waals surface area contributed by atoms with E-state index in [1.165, 1.54) is 0 Å². The minimum absolute atomic E-state index is 0.691. The van der Waals surface area contributed by atoms with E-state index in [1.54, 1.807) is 4.73 Å². The third-order valence-corrected chi connectivity index (χ3v) is 10.1. The van der Waals surface area contributed by atoms with Crippen molar-refractivity contribution in [3.8, 4) is 5.75 Å². The van der Waals surface area contributed by atoms with Crippen molar-refractivity contribution in [2.45, 2.75) is 49.4 Å². The summed E-state index contributed by atoms with van der Waals surface area (Å²) in [7, 11) is 0. The normalized spacial score (nSPS) is 13.4. The molecule has 5 aromatic carbocycles. The lowest BCUT2D eigenvalue weighted by molar-refractivity contribution is -0.875. The number of pyridine rings is 1. The molecule has 0 fully saturated rings. The smallest absolute Gasteiger partial charge is 0.232 e. The second-order valence-electron chi connectivity index (χ2n) is 14.9. The number of hydrogen-bond donors (Lipinski definition) is 0. The molecule has 0 aliphatic carbocycles. The summed E-state index contributed by atoms with van der Waals surface area (Å²) in [6.07, 6.45) is -51.1. The van der Waals surface area contributed by atoms with Crippen LogP contribution in [-0.2, 0) is 49.4 Å². The molecule has 2 nitrogen and oxygen atoms in total. The molecule has 1 heterocycles. The Morgan fingerprint density at radius 3 is 0.671 bits per heavy atom. The van der Waals surface area contributed by atoms with Crippen LogP contribution < -0.4 is 31.4 Å². The van der Waals surface area contributed by atoms with E-state index in [0.29, 0.717) is 0 Å². The maximum absolute atomic E-state index is 14.2. The van der Waals surface area contributed by atoms with Crippen molar-refractivity contribution >= 4 is 28.0 Å². The number of hydrogen-bond acceptors (Lipinski definition) is 1. The molecule has 0 saturated heterocycles. The average molecular weight is 1040 g/mol. The highest BCUT2D eigenvalue weighted by molar-refractivity contribution is 7.20. The zero-order chi connectivity index (χ0) is 52.8. The van der Waals surface area contributed by atoms with Gasteiger partial charge < -0.3 is 0 Å². The van der Waals surface area contributed by atoms with Crippen molar-refractivity contribution in [3.63, 3.8) is 0 Å². The molecule has 0 unspecified atom stereocenters. The average Bonchev–Trinajstić information content (AvgIpc) is 3.22. The zero-order valence-corrected chi connectivity index (χ0v) is 33.7. The summed E-state index contributed by atoms with van der Waals surface area (Å²) >= 11 is 0. The molecule has 0 aliphatic heterocycles. The summed E-state index contributed by atoms with van der Waals surface area (Å²) in [4.78, 5) is 5.50. The van der Waals surface area contributed by atoms with Crippen molar-refractivity contribution < 1.29 is 115 Å². The van der Waals surface area contributed by atoms with Gasteiger partial charge in [0.15, 0.2) is 0 Å². The summed E-state index contributed by atoms with van der Waals surface area (Å²) in [6, 6.07) is 6.66. The summed E-state index contributed by atoms with van der Waals surface area (Å²) in [5.41, 5.74) is -30.2. The van der Waals surface area contributed by atoms with Crippen LogP contribution in [0.4, 0.5) is 105 Å². The summed E-state index contributed by atoms with van der Waals surface area (Å²) < 4.78 is 342. The van der Waals surface area contributed by atoms with Gasteiger partial charge in [0, 0.05) is 16.9 Å². The molecular formula is C43H22BF24NO. The van der Waals surface area contributed by atoms with Crippen LogP contribution in [0.15, 0.2) is 134 Å². The minimum atomic E-state index is -6.13. The van der Waals surface area contributed by atoms with E-state index < -0.39 is 195 Å². The van der Waals surface area contributed by atoms with Crippen LogP contribution in [0.25, 0.3) is 0 Å². The topological polar surface area (TPSA) is 13.1 Å². The molecule has 70 heavy (non-hydrogen) atoms. The van der Waals surface area contributed by atoms with Gasteiger partial charge in [-0.1, -0.05) is 72.8 Å². The van der Waals surface area contributed by atoms with E-state index in [0.717, 1.165) is 5.75 Å². The number of para-hydroxylation sites is 1. The molecule has 0 saturated carbocycles. The highest BCUT2D eigenvalue weighted by Gasteiger charge is 2.47. The first-order valence-corrected chi connectivity index (χ1v) is 18.8. The van der Waals surface area contributed by atoms with Crippen LogP contribution in [0.3, 0.4) is 0 Å². The van der Waals surface area contributed by atoms with Crippen LogP contribution in [-0.4, -0.2) is 6.15 Å². The Balaban J connectivity index is 0.000000600. The van der Waals surface area contributed by atoms with E-state index in [1.807, 2.05) is 60.9 Å². The molecule has 0 atom stereocenters. The molecule has 0 N–H and O–H groups in total. The van der Waals surface area contributed by atoms with Gasteiger partial charge in [-0.25, -0.2) is 4.84 Å². The molecule has 0 bridgehead atoms. The maximum Gasteiger partial charge on any atom is 0.416 e. The largest absolute Gasteiger partial charge is 0.416 e. The van der Waals surface area contributed by atoms with Gasteiger partial charge in [-0.05, 0) is 36.4 Å². The molecule has 1 aromatic heterocycles. The highest BCUT2D eigenvalue weighted by atomic mass is 19.4. The minimum Gasteiger partial charge on any atom is -0.232 e. The second kappa shape index (κ2) is 18.6. The molecule has 0 radical (unpaired) electrons. The summed E-state index contributed by atoms with van der Waals surface area (Å²) in [5, 5.41) is 0. The number of halogens is 24. The van der Waals surface area contributed by atoms with Crippen molar-refractivity contribution in [1.82, 2.24) is 0 Å². The van der Waals surface area contributed by atoms with Crippen molar-refractivity contribution in [2.24, 2.45) is 0 Å². The third kappa shape index (κ3) is 12.6. The van der Waals surface area contributed by atoms with Gasteiger partial charge in [0.05, 0.1) is 44.5 Å². The first-order chi connectivity index (χ1) is 31.7. The molecule has 376 valence electrons. The maximum atomic E-state index is 14.2. The summed E-state index contributed by atoms with van der Waals surface area (Å²) in [6.45, 7) is 0. The molecule has 27 heteroatoms. The lowest BCUT2D eigenvalue weighted by Gasteiger charge is -2.46. The van der Waals surface area contributed by atoms with Crippen molar-refractivity contribution in [1.29, 1.82) is 0 Å². The Labute approximate surface area is 376 Å². The van der Waals surface area contributed by atoms with E-state index in [2.05, 4.69) is 0 Å². The third-order valence-electron chi connectivity index (χ3n) is 10.1. The molecule has 0 amide bonds. The Morgan fingerprint density at radius 1 is 0.271 bits per heavy atom. The number of rotatable bonds is 6. The quantitative estimate of drug-likeness (QED) is 0.0920. The van der Waals surface area contributed by atoms with Crippen molar-refractivity contribution in [3.05, 3.63) is 178 Å². The Bertz CT molecular complexity index is 2310. The van der Waals surface area contributed by atoms with E-state index in [4.69, 9.17) is 4.84 Å². The molecule has 0 aliphatic rings. The predicted molar refractivity (Wildman–Crippen MR) is 199 cm³/mol. The highest BCUT2D eigenvalue weighted by Crippen LogP contribution is 2.41. The van der Waals surface area contributed by atoms with Crippen LogP contribution in [0.5, 0.6) is 5.75 Å².